The third-order valence-corrected chi connectivity index (χ3v) is 5.42. The molecule has 154 valence electrons. The van der Waals surface area contributed by atoms with Crippen LogP contribution >= 0.6 is 23.2 Å². The Bertz CT molecular complexity index is 1060. The average molecular weight is 442 g/mol. The number of aromatic nitrogens is 3. The van der Waals surface area contributed by atoms with E-state index in [2.05, 4.69) is 25.6 Å². The molecular weight excluding hydrogens is 421 g/mol. The van der Waals surface area contributed by atoms with Gasteiger partial charge in [0.05, 0.1) is 15.6 Å². The summed E-state index contributed by atoms with van der Waals surface area (Å²) in [5, 5.41) is 7.19. The summed E-state index contributed by atoms with van der Waals surface area (Å²) < 4.78 is 0. The quantitative estimate of drug-likeness (QED) is 0.450. The monoisotopic (exact) mass is 441 g/mol. The minimum atomic E-state index is -0.146. The molecule has 1 fully saturated rings. The number of nitrogens with zero attached hydrogens (tertiary/aromatic N) is 3. The van der Waals surface area contributed by atoms with Crippen LogP contribution in [0.15, 0.2) is 42.6 Å². The van der Waals surface area contributed by atoms with Crippen molar-refractivity contribution in [2.45, 2.75) is 26.2 Å². The molecule has 0 saturated heterocycles. The molecule has 3 aromatic rings. The molecule has 1 aliphatic rings. The number of hydrogen-bond donors (Lipinski definition) is 2. The van der Waals surface area contributed by atoms with Crippen molar-refractivity contribution in [3.8, 4) is 0 Å². The predicted octanol–water partition coefficient (Wildman–Crippen LogP) is 5.48. The van der Waals surface area contributed by atoms with Gasteiger partial charge in [-0.2, -0.15) is 4.98 Å². The summed E-state index contributed by atoms with van der Waals surface area (Å²) in [5.74, 6) is 2.42. The van der Waals surface area contributed by atoms with Gasteiger partial charge in [-0.15, -0.1) is 0 Å². The second-order valence-electron chi connectivity index (χ2n) is 7.41. The van der Waals surface area contributed by atoms with Crippen molar-refractivity contribution in [3.63, 3.8) is 0 Å². The van der Waals surface area contributed by atoms with Crippen LogP contribution in [0, 0.1) is 12.8 Å². The number of anilines is 3. The van der Waals surface area contributed by atoms with Crippen LogP contribution < -0.4 is 10.6 Å². The number of Topliss-reactive ketones (excluding diaryl/α,β-unsaturated/α-hetero) is 1. The zero-order chi connectivity index (χ0) is 21.1. The first-order valence-corrected chi connectivity index (χ1v) is 10.5. The van der Waals surface area contributed by atoms with Crippen molar-refractivity contribution >= 4 is 46.6 Å². The van der Waals surface area contributed by atoms with Gasteiger partial charge in [-0.25, -0.2) is 9.97 Å². The maximum Gasteiger partial charge on any atom is 0.224 e. The molecule has 1 aliphatic carbocycles. The lowest BCUT2D eigenvalue weighted by Crippen LogP contribution is -2.09. The number of carbonyl (C=O) groups excluding carboxylic acids is 1. The number of nitrogens with one attached hydrogen (secondary N) is 2. The van der Waals surface area contributed by atoms with Gasteiger partial charge in [0.2, 0.25) is 5.95 Å². The fourth-order valence-corrected chi connectivity index (χ4v) is 3.70. The minimum Gasteiger partial charge on any atom is -0.354 e. The van der Waals surface area contributed by atoms with Gasteiger partial charge >= 0.3 is 0 Å². The fraction of sp³-hybridized carbons (Fsp3) is 0.273. The first-order chi connectivity index (χ1) is 14.5. The molecule has 1 saturated carbocycles. The van der Waals surface area contributed by atoms with Gasteiger partial charge in [-0.3, -0.25) is 4.79 Å². The molecule has 0 unspecified atom stereocenters. The summed E-state index contributed by atoms with van der Waals surface area (Å²) in [6.45, 7) is 2.81. The SMILES string of the molecule is Cc1cc(Nc2cc(CC(=O)c3c(Cl)cccc3Cl)ccn2)nc(NCC2CC2)n1. The first kappa shape index (κ1) is 20.6. The lowest BCUT2D eigenvalue weighted by molar-refractivity contribution is 0.0993. The van der Waals surface area contributed by atoms with Crippen molar-refractivity contribution < 1.29 is 4.79 Å². The van der Waals surface area contributed by atoms with E-state index < -0.39 is 0 Å². The first-order valence-electron chi connectivity index (χ1n) is 9.76. The van der Waals surface area contributed by atoms with Gasteiger partial charge in [-0.05, 0) is 55.5 Å². The van der Waals surface area contributed by atoms with Gasteiger partial charge in [0.25, 0.3) is 0 Å². The van der Waals surface area contributed by atoms with Crippen molar-refractivity contribution in [2.24, 2.45) is 5.92 Å². The molecule has 0 atom stereocenters. The number of hydrogen-bond acceptors (Lipinski definition) is 6. The molecule has 2 aromatic heterocycles. The summed E-state index contributed by atoms with van der Waals surface area (Å²) in [6.07, 6.45) is 4.34. The number of pyridine rings is 1. The van der Waals surface area contributed by atoms with Crippen LogP contribution in [0.4, 0.5) is 17.6 Å². The van der Waals surface area contributed by atoms with Crippen LogP contribution in [0.3, 0.4) is 0 Å². The highest BCUT2D eigenvalue weighted by Gasteiger charge is 2.21. The van der Waals surface area contributed by atoms with Gasteiger partial charge in [0, 0.05) is 30.9 Å². The largest absolute Gasteiger partial charge is 0.354 e. The van der Waals surface area contributed by atoms with Gasteiger partial charge in [0.15, 0.2) is 5.78 Å². The Morgan fingerprint density at radius 2 is 1.87 bits per heavy atom. The molecule has 0 radical (unpaired) electrons. The topological polar surface area (TPSA) is 79.8 Å². The number of ketones is 1. The highest BCUT2D eigenvalue weighted by atomic mass is 35.5. The number of halogens is 2. The molecule has 4 rings (SSSR count). The molecule has 2 N–H and O–H groups in total. The molecule has 8 heteroatoms. The Morgan fingerprint density at radius 1 is 1.10 bits per heavy atom. The van der Waals surface area contributed by atoms with Crippen LogP contribution in [0.25, 0.3) is 0 Å². The molecule has 30 heavy (non-hydrogen) atoms. The van der Waals surface area contributed by atoms with E-state index in [-0.39, 0.29) is 12.2 Å². The highest BCUT2D eigenvalue weighted by molar-refractivity contribution is 6.39. The van der Waals surface area contributed by atoms with Crippen LogP contribution in [0.2, 0.25) is 10.0 Å². The van der Waals surface area contributed by atoms with Gasteiger partial charge < -0.3 is 10.6 Å². The van der Waals surface area contributed by atoms with E-state index >= 15 is 0 Å². The Hall–Kier alpha value is -2.70. The zero-order valence-electron chi connectivity index (χ0n) is 16.5. The van der Waals surface area contributed by atoms with Crippen LogP contribution in [0.1, 0.15) is 34.5 Å². The molecule has 0 bridgehead atoms. The smallest absolute Gasteiger partial charge is 0.224 e. The Morgan fingerprint density at radius 3 is 2.60 bits per heavy atom. The number of rotatable bonds is 8. The zero-order valence-corrected chi connectivity index (χ0v) is 18.0. The third kappa shape index (κ3) is 5.26. The van der Waals surface area contributed by atoms with Crippen molar-refractivity contribution in [3.05, 3.63) is 69.5 Å². The number of carbonyl (C=O) groups is 1. The van der Waals surface area contributed by atoms with E-state index in [0.29, 0.717) is 33.2 Å². The maximum absolute atomic E-state index is 12.7. The van der Waals surface area contributed by atoms with Gasteiger partial charge in [-0.1, -0.05) is 29.3 Å². The van der Waals surface area contributed by atoms with Gasteiger partial charge in [0.1, 0.15) is 11.6 Å². The van der Waals surface area contributed by atoms with Crippen LogP contribution in [-0.2, 0) is 6.42 Å². The molecular formula is C22H21Cl2N5O. The Balaban J connectivity index is 1.47. The summed E-state index contributed by atoms with van der Waals surface area (Å²) in [4.78, 5) is 26.0. The second kappa shape index (κ2) is 8.98. The number of benzene rings is 1. The molecule has 1 aromatic carbocycles. The highest BCUT2D eigenvalue weighted by Crippen LogP contribution is 2.29. The molecule has 2 heterocycles. The minimum absolute atomic E-state index is 0.146. The van der Waals surface area contributed by atoms with Crippen molar-refractivity contribution in [1.82, 2.24) is 15.0 Å². The third-order valence-electron chi connectivity index (χ3n) is 4.79. The predicted molar refractivity (Wildman–Crippen MR) is 120 cm³/mol. The van der Waals surface area contributed by atoms with Crippen LogP contribution in [-0.4, -0.2) is 27.3 Å². The van der Waals surface area contributed by atoms with E-state index in [1.165, 1.54) is 12.8 Å². The van der Waals surface area contributed by atoms with E-state index in [9.17, 15) is 4.79 Å². The second-order valence-corrected chi connectivity index (χ2v) is 8.23. The average Bonchev–Trinajstić information content (AvgIpc) is 3.50. The summed E-state index contributed by atoms with van der Waals surface area (Å²) in [6, 6.07) is 10.5. The molecule has 0 aliphatic heterocycles. The molecule has 0 spiro atoms. The van der Waals surface area contributed by atoms with E-state index in [4.69, 9.17) is 23.2 Å². The van der Waals surface area contributed by atoms with E-state index in [0.717, 1.165) is 23.7 Å². The normalized spacial score (nSPS) is 13.2. The maximum atomic E-state index is 12.7. The standard InChI is InChI=1S/C22H21Cl2N5O/c1-13-9-20(29-22(27-13)26-12-14-5-6-14)28-19-11-15(7-8-25-19)10-18(30)21-16(23)3-2-4-17(21)24/h2-4,7-9,11,14H,5-6,10,12H2,1H3,(H2,25,26,27,28,29). The van der Waals surface area contributed by atoms with Crippen molar-refractivity contribution in [1.29, 1.82) is 0 Å². The summed E-state index contributed by atoms with van der Waals surface area (Å²) >= 11 is 12.3. The Kier molecular flexibility index (Phi) is 6.16. The van der Waals surface area contributed by atoms with Crippen LogP contribution in [0.5, 0.6) is 0 Å². The Labute approximate surface area is 185 Å². The van der Waals surface area contributed by atoms with E-state index in [1.807, 2.05) is 19.1 Å². The summed E-state index contributed by atoms with van der Waals surface area (Å²) in [7, 11) is 0. The fourth-order valence-electron chi connectivity index (χ4n) is 3.09. The molecule has 0 amide bonds. The molecule has 6 nitrogen and oxygen atoms in total. The summed E-state index contributed by atoms with van der Waals surface area (Å²) in [5.41, 5.74) is 1.99. The lowest BCUT2D eigenvalue weighted by Gasteiger charge is -2.10. The lowest BCUT2D eigenvalue weighted by atomic mass is 10.0. The van der Waals surface area contributed by atoms with E-state index in [1.54, 1.807) is 30.5 Å². The van der Waals surface area contributed by atoms with Crippen molar-refractivity contribution in [2.75, 3.05) is 17.2 Å². The number of aryl methyl sites for hydroxylation is 1.